The summed E-state index contributed by atoms with van der Waals surface area (Å²) in [5.41, 5.74) is 3.89. The van der Waals surface area contributed by atoms with E-state index in [0.29, 0.717) is 6.42 Å². The van der Waals surface area contributed by atoms with Gasteiger partial charge in [0.15, 0.2) is 0 Å². The van der Waals surface area contributed by atoms with E-state index in [0.717, 1.165) is 47.5 Å². The van der Waals surface area contributed by atoms with Crippen LogP contribution < -0.4 is 10.1 Å². The maximum absolute atomic E-state index is 11.9. The highest BCUT2D eigenvalue weighted by atomic mass is 16.5. The molecule has 28 heavy (non-hydrogen) atoms. The molecular weight excluding hydrogens is 350 g/mol. The average Bonchev–Trinajstić information content (AvgIpc) is 2.72. The van der Waals surface area contributed by atoms with Crippen molar-refractivity contribution in [3.8, 4) is 16.9 Å². The number of unbranched alkanes of at least 4 members (excludes halogenated alkanes) is 1. The smallest absolute Gasteiger partial charge is 0.230 e. The minimum Gasteiger partial charge on any atom is -0.494 e. The number of nitrogens with one attached hydrogen (secondary N) is 1. The lowest BCUT2D eigenvalue weighted by atomic mass is 9.91. The summed E-state index contributed by atoms with van der Waals surface area (Å²) in [6.07, 6.45) is 2.49. The number of carbonyl (C=O) groups is 2. The third-order valence-corrected chi connectivity index (χ3v) is 4.75. The first-order chi connectivity index (χ1) is 13.5. The highest BCUT2D eigenvalue weighted by Gasteiger charge is 2.23. The fourth-order valence-electron chi connectivity index (χ4n) is 2.94. The van der Waals surface area contributed by atoms with Crippen molar-refractivity contribution < 1.29 is 14.3 Å². The number of hydrogen-bond acceptors (Lipinski definition) is 3. The van der Waals surface area contributed by atoms with Crippen LogP contribution in [0, 0.1) is 5.92 Å². The fraction of sp³-hybridized carbons (Fsp3) is 0.333. The van der Waals surface area contributed by atoms with Crippen LogP contribution in [0.25, 0.3) is 16.7 Å². The molecule has 2 rings (SSSR count). The summed E-state index contributed by atoms with van der Waals surface area (Å²) in [5, 5.41) is 2.54. The number of benzene rings is 2. The second kappa shape index (κ2) is 10.5. The van der Waals surface area contributed by atoms with Crippen LogP contribution >= 0.6 is 0 Å². The first-order valence-electron chi connectivity index (χ1n) is 9.69. The first-order valence-corrected chi connectivity index (χ1v) is 9.69. The van der Waals surface area contributed by atoms with Crippen LogP contribution in [0.4, 0.5) is 0 Å². The lowest BCUT2D eigenvalue weighted by molar-refractivity contribution is -0.132. The van der Waals surface area contributed by atoms with Crippen LogP contribution in [-0.2, 0) is 9.59 Å². The van der Waals surface area contributed by atoms with Gasteiger partial charge in [0.1, 0.15) is 17.5 Å². The number of allylic oxidation sites excluding steroid dienone is 1. The zero-order valence-corrected chi connectivity index (χ0v) is 17.0. The van der Waals surface area contributed by atoms with E-state index >= 15 is 0 Å². The highest BCUT2D eigenvalue weighted by molar-refractivity contribution is 6.01. The van der Waals surface area contributed by atoms with Gasteiger partial charge in [0.05, 0.1) is 6.61 Å². The summed E-state index contributed by atoms with van der Waals surface area (Å²) < 4.78 is 5.70. The normalized spacial score (nSPS) is 11.5. The number of carbonyl (C=O) groups excluding carboxylic acids is 2. The van der Waals surface area contributed by atoms with Gasteiger partial charge in [0.2, 0.25) is 5.91 Å². The summed E-state index contributed by atoms with van der Waals surface area (Å²) >= 11 is 0. The van der Waals surface area contributed by atoms with Gasteiger partial charge in [0.25, 0.3) is 0 Å². The molecule has 0 aliphatic heterocycles. The number of rotatable bonds is 10. The summed E-state index contributed by atoms with van der Waals surface area (Å²) in [7, 11) is 1.54. The van der Waals surface area contributed by atoms with Gasteiger partial charge >= 0.3 is 0 Å². The molecule has 148 valence electrons. The maximum atomic E-state index is 11.9. The molecule has 1 atom stereocenters. The van der Waals surface area contributed by atoms with Crippen LogP contribution in [0.1, 0.15) is 38.7 Å². The van der Waals surface area contributed by atoms with Gasteiger partial charge in [-0.25, -0.2) is 0 Å². The van der Waals surface area contributed by atoms with E-state index in [-0.39, 0.29) is 11.7 Å². The lowest BCUT2D eigenvalue weighted by Crippen LogP contribution is -2.32. The van der Waals surface area contributed by atoms with E-state index in [2.05, 4.69) is 18.8 Å². The monoisotopic (exact) mass is 379 g/mol. The van der Waals surface area contributed by atoms with Gasteiger partial charge in [-0.2, -0.15) is 0 Å². The Morgan fingerprint density at radius 1 is 1.04 bits per heavy atom. The maximum Gasteiger partial charge on any atom is 0.230 e. The minimum atomic E-state index is -0.697. The van der Waals surface area contributed by atoms with E-state index < -0.39 is 5.92 Å². The predicted octanol–water partition coefficient (Wildman–Crippen LogP) is 4.89. The molecule has 0 saturated heterocycles. The van der Waals surface area contributed by atoms with Gasteiger partial charge in [-0.1, -0.05) is 56.3 Å². The van der Waals surface area contributed by atoms with Gasteiger partial charge in [-0.05, 0) is 54.2 Å². The summed E-state index contributed by atoms with van der Waals surface area (Å²) in [6.45, 7) is 8.38. The molecule has 0 aliphatic rings. The van der Waals surface area contributed by atoms with Crippen LogP contribution in [0.15, 0.2) is 55.1 Å². The molecule has 0 aliphatic carbocycles. The summed E-state index contributed by atoms with van der Waals surface area (Å²) in [4.78, 5) is 23.6. The Bertz CT molecular complexity index is 807. The molecular formula is C24H29NO3. The molecule has 0 saturated carbocycles. The molecule has 2 aromatic carbocycles. The number of Topliss-reactive ketones (excluding diaryl/α,β-unsaturated/α-hetero) is 1. The predicted molar refractivity (Wildman–Crippen MR) is 114 cm³/mol. The van der Waals surface area contributed by atoms with Crippen molar-refractivity contribution >= 4 is 17.3 Å². The Morgan fingerprint density at radius 2 is 1.61 bits per heavy atom. The van der Waals surface area contributed by atoms with Crippen LogP contribution in [0.3, 0.4) is 0 Å². The van der Waals surface area contributed by atoms with Gasteiger partial charge < -0.3 is 10.1 Å². The third kappa shape index (κ3) is 5.81. The first kappa shape index (κ1) is 21.4. The molecule has 1 amide bonds. The van der Waals surface area contributed by atoms with Crippen LogP contribution in [0.2, 0.25) is 0 Å². The molecule has 0 radical (unpaired) electrons. The average molecular weight is 380 g/mol. The Kier molecular flexibility index (Phi) is 8.00. The van der Waals surface area contributed by atoms with E-state index in [9.17, 15) is 9.59 Å². The van der Waals surface area contributed by atoms with Crippen LogP contribution in [0.5, 0.6) is 5.75 Å². The summed E-state index contributed by atoms with van der Waals surface area (Å²) in [6, 6.07) is 16.1. The summed E-state index contributed by atoms with van der Waals surface area (Å²) in [5.74, 6) is -0.242. The third-order valence-electron chi connectivity index (χ3n) is 4.75. The molecule has 0 aromatic heterocycles. The minimum absolute atomic E-state index is 0.154. The zero-order valence-electron chi connectivity index (χ0n) is 17.0. The number of ether oxygens (including phenoxy) is 1. The Morgan fingerprint density at radius 3 is 2.11 bits per heavy atom. The molecule has 0 heterocycles. The second-order valence-corrected chi connectivity index (χ2v) is 6.89. The number of ketones is 1. The quantitative estimate of drug-likeness (QED) is 0.472. The Hall–Kier alpha value is -2.88. The largest absolute Gasteiger partial charge is 0.494 e. The van der Waals surface area contributed by atoms with E-state index in [1.807, 2.05) is 48.5 Å². The van der Waals surface area contributed by atoms with Crippen molar-refractivity contribution in [2.45, 2.75) is 33.1 Å². The molecule has 1 N–H and O–H groups in total. The van der Waals surface area contributed by atoms with E-state index in [1.54, 1.807) is 0 Å². The van der Waals surface area contributed by atoms with E-state index in [4.69, 9.17) is 4.74 Å². The second-order valence-electron chi connectivity index (χ2n) is 6.89. The van der Waals surface area contributed by atoms with Crippen molar-refractivity contribution in [1.82, 2.24) is 5.32 Å². The lowest BCUT2D eigenvalue weighted by Gasteiger charge is -2.14. The Labute approximate surface area is 167 Å². The SMILES string of the molecule is C=C(CC(C(C)=O)C(=O)NC)c1ccc(-c2ccc(OCCCC)cc2)cc1. The van der Waals surface area contributed by atoms with Gasteiger partial charge in [0, 0.05) is 7.05 Å². The van der Waals surface area contributed by atoms with E-state index in [1.165, 1.54) is 14.0 Å². The highest BCUT2D eigenvalue weighted by Crippen LogP contribution is 2.27. The van der Waals surface area contributed by atoms with Crippen molar-refractivity contribution in [3.63, 3.8) is 0 Å². The molecule has 0 fully saturated rings. The number of hydrogen-bond donors (Lipinski definition) is 1. The molecule has 1 unspecified atom stereocenters. The van der Waals surface area contributed by atoms with Crippen molar-refractivity contribution in [2.24, 2.45) is 5.92 Å². The molecule has 4 nitrogen and oxygen atoms in total. The van der Waals surface area contributed by atoms with Crippen molar-refractivity contribution in [1.29, 1.82) is 0 Å². The van der Waals surface area contributed by atoms with Crippen molar-refractivity contribution in [3.05, 3.63) is 60.7 Å². The Balaban J connectivity index is 2.05. The van der Waals surface area contributed by atoms with Crippen LogP contribution in [-0.4, -0.2) is 25.3 Å². The van der Waals surface area contributed by atoms with Gasteiger partial charge in [-0.15, -0.1) is 0 Å². The molecule has 4 heteroatoms. The molecule has 0 bridgehead atoms. The van der Waals surface area contributed by atoms with Gasteiger partial charge in [-0.3, -0.25) is 9.59 Å². The fourth-order valence-corrected chi connectivity index (χ4v) is 2.94. The number of amides is 1. The molecule has 0 spiro atoms. The topological polar surface area (TPSA) is 55.4 Å². The molecule has 2 aromatic rings. The standard InChI is InChI=1S/C24H29NO3/c1-5-6-15-28-22-13-11-21(12-14-22)20-9-7-19(8-10-20)17(2)16-23(18(3)26)24(27)25-4/h7-14,23H,2,5-6,15-16H2,1,3-4H3,(H,25,27). The zero-order chi connectivity index (χ0) is 20.5. The van der Waals surface area contributed by atoms with Crippen molar-refractivity contribution in [2.75, 3.05) is 13.7 Å².